The van der Waals surface area contributed by atoms with E-state index in [1.165, 1.54) is 4.90 Å². The molecular formula is C26H34FN5O3. The first kappa shape index (κ1) is 24.0. The third-order valence-corrected chi connectivity index (χ3v) is 8.57. The SMILES string of the molecule is N#C[C@@H]1C[C@H](F)CN1C(=O)CNC12CCC(C(=O)Nc3ccccc3N3CCOCC3)(CC1)CC2. The van der Waals surface area contributed by atoms with Gasteiger partial charge in [-0.2, -0.15) is 5.26 Å². The summed E-state index contributed by atoms with van der Waals surface area (Å²) in [7, 11) is 0. The van der Waals surface area contributed by atoms with Crippen molar-refractivity contribution in [2.45, 2.75) is 62.7 Å². The second-order valence-electron chi connectivity index (χ2n) is 10.5. The quantitative estimate of drug-likeness (QED) is 0.646. The topological polar surface area (TPSA) is 97.7 Å². The molecule has 2 aliphatic heterocycles. The van der Waals surface area contributed by atoms with Gasteiger partial charge in [-0.15, -0.1) is 0 Å². The van der Waals surface area contributed by atoms with Crippen LogP contribution in [0.2, 0.25) is 0 Å². The van der Waals surface area contributed by atoms with E-state index < -0.39 is 12.2 Å². The van der Waals surface area contributed by atoms with Crippen LogP contribution in [0.25, 0.3) is 0 Å². The maximum atomic E-state index is 13.7. The second-order valence-corrected chi connectivity index (χ2v) is 10.5. The number of hydrogen-bond donors (Lipinski definition) is 2. The number of hydrogen-bond acceptors (Lipinski definition) is 6. The van der Waals surface area contributed by atoms with Crippen LogP contribution in [0.5, 0.6) is 0 Å². The zero-order valence-corrected chi connectivity index (χ0v) is 20.1. The van der Waals surface area contributed by atoms with Gasteiger partial charge in [0.05, 0.1) is 43.7 Å². The lowest BCUT2D eigenvalue weighted by Crippen LogP contribution is -2.59. The number of anilines is 2. The van der Waals surface area contributed by atoms with Crippen molar-refractivity contribution >= 4 is 23.2 Å². The molecule has 2 saturated heterocycles. The summed E-state index contributed by atoms with van der Waals surface area (Å²) in [5, 5.41) is 15.9. The number of ether oxygens (including phenoxy) is 1. The van der Waals surface area contributed by atoms with Gasteiger partial charge in [-0.3, -0.25) is 9.59 Å². The smallest absolute Gasteiger partial charge is 0.237 e. The van der Waals surface area contributed by atoms with Crippen molar-refractivity contribution in [3.05, 3.63) is 24.3 Å². The Bertz CT molecular complexity index is 980. The lowest BCUT2D eigenvalue weighted by molar-refractivity contribution is -0.135. The molecule has 2 N–H and O–H groups in total. The predicted molar refractivity (Wildman–Crippen MR) is 130 cm³/mol. The van der Waals surface area contributed by atoms with Gasteiger partial charge in [-0.1, -0.05) is 12.1 Å². The maximum Gasteiger partial charge on any atom is 0.237 e. The summed E-state index contributed by atoms with van der Waals surface area (Å²) < 4.78 is 19.2. The van der Waals surface area contributed by atoms with E-state index in [2.05, 4.69) is 21.6 Å². The molecule has 6 rings (SSSR count). The van der Waals surface area contributed by atoms with Gasteiger partial charge in [0.25, 0.3) is 0 Å². The van der Waals surface area contributed by atoms with Crippen molar-refractivity contribution in [3.63, 3.8) is 0 Å². The summed E-state index contributed by atoms with van der Waals surface area (Å²) in [4.78, 5) is 29.8. The van der Waals surface area contributed by atoms with E-state index >= 15 is 0 Å². The molecule has 0 aromatic heterocycles. The number of para-hydroxylation sites is 2. The number of rotatable bonds is 6. The summed E-state index contributed by atoms with van der Waals surface area (Å²) >= 11 is 0. The number of amides is 2. The van der Waals surface area contributed by atoms with Crippen LogP contribution < -0.4 is 15.5 Å². The van der Waals surface area contributed by atoms with Crippen LogP contribution in [-0.4, -0.2) is 73.9 Å². The molecule has 8 nitrogen and oxygen atoms in total. The van der Waals surface area contributed by atoms with Gasteiger partial charge >= 0.3 is 0 Å². The Kier molecular flexibility index (Phi) is 6.69. The summed E-state index contributed by atoms with van der Waals surface area (Å²) in [6.45, 7) is 3.10. The third kappa shape index (κ3) is 4.74. The van der Waals surface area contributed by atoms with Crippen LogP contribution >= 0.6 is 0 Å². The van der Waals surface area contributed by atoms with Crippen LogP contribution in [0.1, 0.15) is 44.9 Å². The number of nitrogens with one attached hydrogen (secondary N) is 2. The monoisotopic (exact) mass is 483 g/mol. The number of likely N-dealkylation sites (tertiary alicyclic amines) is 1. The van der Waals surface area contributed by atoms with Crippen molar-refractivity contribution in [2.24, 2.45) is 5.41 Å². The Morgan fingerprint density at radius 2 is 1.80 bits per heavy atom. The Hall–Kier alpha value is -2.70. The Balaban J connectivity index is 1.18. The molecule has 2 atom stereocenters. The summed E-state index contributed by atoms with van der Waals surface area (Å²) in [5.74, 6) is -0.128. The largest absolute Gasteiger partial charge is 0.378 e. The normalized spacial score (nSPS) is 32.3. The maximum absolute atomic E-state index is 13.7. The van der Waals surface area contributed by atoms with Gasteiger partial charge < -0.3 is 25.2 Å². The average molecular weight is 484 g/mol. The van der Waals surface area contributed by atoms with Gasteiger partial charge in [-0.25, -0.2) is 4.39 Å². The molecule has 188 valence electrons. The lowest BCUT2D eigenvalue weighted by atomic mass is 9.57. The number of benzene rings is 1. The molecule has 2 amide bonds. The standard InChI is InChI=1S/C26H34FN5O3/c27-19-15-20(16-28)32(18-19)23(33)17-29-26-8-5-25(6-9-26,7-10-26)24(34)30-21-3-1-2-4-22(21)31-11-13-35-14-12-31/h1-4,19-20,29H,5-15,17-18H2,(H,30,34)/t19-,20-,25?,26?/m0/s1. The molecular weight excluding hydrogens is 449 g/mol. The van der Waals surface area contributed by atoms with E-state index in [1.807, 2.05) is 24.3 Å². The highest BCUT2D eigenvalue weighted by molar-refractivity contribution is 5.98. The van der Waals surface area contributed by atoms with E-state index in [9.17, 15) is 19.2 Å². The first-order valence-corrected chi connectivity index (χ1v) is 12.8. The number of carbonyl (C=O) groups is 2. The van der Waals surface area contributed by atoms with E-state index in [0.717, 1.165) is 63.0 Å². The molecule has 1 aromatic rings. The van der Waals surface area contributed by atoms with Crippen molar-refractivity contribution in [1.29, 1.82) is 5.26 Å². The molecule has 9 heteroatoms. The van der Waals surface area contributed by atoms with Crippen molar-refractivity contribution in [3.8, 4) is 6.07 Å². The predicted octanol–water partition coefficient (Wildman–Crippen LogP) is 2.61. The fourth-order valence-corrected chi connectivity index (χ4v) is 6.25. The number of nitriles is 1. The summed E-state index contributed by atoms with van der Waals surface area (Å²) in [6.07, 6.45) is 3.77. The number of fused-ring (bicyclic) bond motifs is 3. The minimum atomic E-state index is -1.13. The van der Waals surface area contributed by atoms with Crippen molar-refractivity contribution in [2.75, 3.05) is 49.6 Å². The Labute approximate surface area is 205 Å². The molecule has 35 heavy (non-hydrogen) atoms. The van der Waals surface area contributed by atoms with E-state index in [4.69, 9.17) is 4.74 Å². The van der Waals surface area contributed by atoms with Crippen molar-refractivity contribution < 1.29 is 18.7 Å². The molecule has 0 radical (unpaired) electrons. The first-order chi connectivity index (χ1) is 16.9. The molecule has 2 bridgehead atoms. The average Bonchev–Trinajstić information content (AvgIpc) is 3.30. The molecule has 3 saturated carbocycles. The van der Waals surface area contributed by atoms with Crippen LogP contribution in [0.4, 0.5) is 15.8 Å². The number of nitrogens with zero attached hydrogens (tertiary/aromatic N) is 3. The fraction of sp³-hybridized carbons (Fsp3) is 0.654. The Morgan fingerprint density at radius 3 is 2.49 bits per heavy atom. The second kappa shape index (κ2) is 9.75. The fourth-order valence-electron chi connectivity index (χ4n) is 6.25. The minimum absolute atomic E-state index is 0.000942. The van der Waals surface area contributed by atoms with Gasteiger partial charge in [0, 0.05) is 30.5 Å². The lowest BCUT2D eigenvalue weighted by Gasteiger charge is -2.53. The van der Waals surface area contributed by atoms with Crippen LogP contribution in [0, 0.1) is 16.7 Å². The van der Waals surface area contributed by atoms with E-state index in [-0.39, 0.29) is 42.3 Å². The van der Waals surface area contributed by atoms with Gasteiger partial charge in [0.1, 0.15) is 12.2 Å². The molecule has 0 unspecified atom stereocenters. The molecule has 5 aliphatic rings. The van der Waals surface area contributed by atoms with E-state index in [0.29, 0.717) is 13.2 Å². The van der Waals surface area contributed by atoms with Crippen LogP contribution in [0.3, 0.4) is 0 Å². The zero-order valence-electron chi connectivity index (χ0n) is 20.1. The number of halogens is 1. The third-order valence-electron chi connectivity index (χ3n) is 8.57. The molecule has 2 heterocycles. The van der Waals surface area contributed by atoms with Gasteiger partial charge in [0.15, 0.2) is 0 Å². The minimum Gasteiger partial charge on any atom is -0.378 e. The van der Waals surface area contributed by atoms with Gasteiger partial charge in [-0.05, 0) is 50.7 Å². The van der Waals surface area contributed by atoms with Crippen molar-refractivity contribution in [1.82, 2.24) is 10.2 Å². The molecule has 0 spiro atoms. The first-order valence-electron chi connectivity index (χ1n) is 12.8. The van der Waals surface area contributed by atoms with Gasteiger partial charge in [0.2, 0.25) is 11.8 Å². The van der Waals surface area contributed by atoms with E-state index in [1.54, 1.807) is 0 Å². The molecule has 5 fully saturated rings. The number of carbonyl (C=O) groups excluding carboxylic acids is 2. The highest BCUT2D eigenvalue weighted by Crippen LogP contribution is 2.53. The van der Waals surface area contributed by atoms with Crippen LogP contribution in [-0.2, 0) is 14.3 Å². The Morgan fingerprint density at radius 1 is 1.11 bits per heavy atom. The van der Waals surface area contributed by atoms with Crippen LogP contribution in [0.15, 0.2) is 24.3 Å². The summed E-state index contributed by atoms with van der Waals surface area (Å²) in [5.41, 5.74) is 1.34. The molecule has 1 aromatic carbocycles. The highest BCUT2D eigenvalue weighted by Gasteiger charge is 2.52. The number of morpholine rings is 1. The summed E-state index contributed by atoms with van der Waals surface area (Å²) in [6, 6.07) is 9.33. The number of alkyl halides is 1. The zero-order chi connectivity index (χ0) is 24.5. The highest BCUT2D eigenvalue weighted by atomic mass is 19.1. The molecule has 3 aliphatic carbocycles.